The molecule has 6 aromatic carbocycles. The molecule has 0 spiro atoms. The summed E-state index contributed by atoms with van der Waals surface area (Å²) in [6, 6.07) is 47.3. The summed E-state index contributed by atoms with van der Waals surface area (Å²) >= 11 is 11.8. The van der Waals surface area contributed by atoms with Crippen molar-refractivity contribution in [3.63, 3.8) is 0 Å². The van der Waals surface area contributed by atoms with E-state index in [1.54, 1.807) is 82.6 Å². The van der Waals surface area contributed by atoms with Gasteiger partial charge in [0.05, 0.1) is 6.61 Å². The van der Waals surface area contributed by atoms with Crippen LogP contribution in [0.4, 0.5) is 21.0 Å². The molecule has 2 aliphatic heterocycles. The lowest BCUT2D eigenvalue weighted by molar-refractivity contribution is 0.0829. The molecule has 0 aliphatic carbocycles. The van der Waals surface area contributed by atoms with Crippen LogP contribution in [0.1, 0.15) is 23.2 Å². The van der Waals surface area contributed by atoms with E-state index in [9.17, 15) is 14.7 Å². The standard InChI is InChI=1S/C22H19ClN2O3.C22H18ClNO4/c23-16-6-10-18(11-7-16)27-19-12-8-17(9-13-19)25-21(15-4-2-1-3-5-15)20(14-24)28-22(25)26;23-16-6-10-18(11-7-16)27-19-12-8-17(9-13-19)24-21(15-4-2-1-3-5-15)20(14-25)28-22(24)26/h1-13,20-21H,14,24H2;1-13,20-21,25H,14H2/t2*20-,21-/m00/s1. The Kier molecular flexibility index (Phi) is 12.0. The van der Waals surface area contributed by atoms with E-state index in [-0.39, 0.29) is 19.2 Å². The number of ether oxygens (including phenoxy) is 4. The van der Waals surface area contributed by atoms with Gasteiger partial charge in [-0.15, -0.1) is 0 Å². The summed E-state index contributed by atoms with van der Waals surface area (Å²) in [6.07, 6.45) is -1.92. The van der Waals surface area contributed by atoms with E-state index >= 15 is 0 Å². The van der Waals surface area contributed by atoms with E-state index in [4.69, 9.17) is 47.9 Å². The summed E-state index contributed by atoms with van der Waals surface area (Å²) in [6.45, 7) is -0.000868. The van der Waals surface area contributed by atoms with E-state index in [0.717, 1.165) is 16.8 Å². The number of carbonyl (C=O) groups is 2. The Bertz CT molecular complexity index is 2050. The SMILES string of the molecule is NC[C@@H]1OC(=O)N(c2ccc(Oc3ccc(Cl)cc3)cc2)[C@H]1c1ccccc1.O=C1O[C@@H](CO)[C@H](c2ccccc2)N1c1ccc(Oc2ccc(Cl)cc2)cc1. The topological polar surface area (TPSA) is 124 Å². The van der Waals surface area contributed by atoms with Crippen LogP contribution >= 0.6 is 23.2 Å². The Hall–Kier alpha value is -6.04. The number of benzene rings is 6. The molecule has 12 heteroatoms. The molecule has 8 rings (SSSR count). The van der Waals surface area contributed by atoms with Gasteiger partial charge in [-0.3, -0.25) is 9.80 Å². The van der Waals surface area contributed by atoms with Gasteiger partial charge in [0.1, 0.15) is 41.2 Å². The Morgan fingerprint density at radius 1 is 0.518 bits per heavy atom. The largest absolute Gasteiger partial charge is 0.457 e. The predicted molar refractivity (Wildman–Crippen MR) is 216 cm³/mol. The van der Waals surface area contributed by atoms with Gasteiger partial charge in [-0.2, -0.15) is 0 Å². The van der Waals surface area contributed by atoms with Gasteiger partial charge in [-0.1, -0.05) is 83.9 Å². The zero-order valence-corrected chi connectivity index (χ0v) is 31.4. The monoisotopic (exact) mass is 789 g/mol. The zero-order valence-electron chi connectivity index (χ0n) is 29.9. The fourth-order valence-electron chi connectivity index (χ4n) is 6.56. The molecule has 2 aliphatic rings. The number of halogens is 2. The molecular formula is C44H37Cl2N3O7. The second-order valence-electron chi connectivity index (χ2n) is 12.8. The van der Waals surface area contributed by atoms with Crippen LogP contribution in [0.3, 0.4) is 0 Å². The first kappa shape index (κ1) is 38.2. The normalized spacial score (nSPS) is 18.8. The first-order valence-electron chi connectivity index (χ1n) is 17.8. The number of carbonyl (C=O) groups excluding carboxylic acids is 2. The summed E-state index contributed by atoms with van der Waals surface area (Å²) in [4.78, 5) is 28.2. The molecule has 2 fully saturated rings. The first-order chi connectivity index (χ1) is 27.3. The number of aliphatic hydroxyl groups is 1. The van der Waals surface area contributed by atoms with Crippen LogP contribution in [0, 0.1) is 0 Å². The molecule has 284 valence electrons. The lowest BCUT2D eigenvalue weighted by atomic mass is 10.0. The fraction of sp³-hybridized carbons (Fsp3) is 0.136. The molecule has 2 amide bonds. The van der Waals surface area contributed by atoms with E-state index in [0.29, 0.717) is 38.7 Å². The molecular weight excluding hydrogens is 753 g/mol. The van der Waals surface area contributed by atoms with Crippen molar-refractivity contribution in [2.75, 3.05) is 23.0 Å². The van der Waals surface area contributed by atoms with Crippen LogP contribution in [-0.4, -0.2) is 42.7 Å². The average molecular weight is 791 g/mol. The summed E-state index contributed by atoms with van der Waals surface area (Å²) < 4.78 is 22.5. The van der Waals surface area contributed by atoms with Crippen LogP contribution in [0.25, 0.3) is 0 Å². The molecule has 4 atom stereocenters. The second kappa shape index (κ2) is 17.6. The molecule has 3 N–H and O–H groups in total. The minimum absolute atomic E-state index is 0.250. The van der Waals surface area contributed by atoms with E-state index < -0.39 is 30.4 Å². The molecule has 2 heterocycles. The van der Waals surface area contributed by atoms with E-state index in [2.05, 4.69) is 0 Å². The zero-order chi connectivity index (χ0) is 39.0. The molecule has 0 radical (unpaired) electrons. The highest BCUT2D eigenvalue weighted by Crippen LogP contribution is 2.40. The van der Waals surface area contributed by atoms with Crippen molar-refractivity contribution in [3.05, 3.63) is 179 Å². The number of hydrogen-bond acceptors (Lipinski definition) is 8. The highest BCUT2D eigenvalue weighted by molar-refractivity contribution is 6.30. The number of cyclic esters (lactones) is 2. The molecule has 0 aromatic heterocycles. The van der Waals surface area contributed by atoms with Crippen LogP contribution < -0.4 is 25.0 Å². The number of anilines is 2. The third kappa shape index (κ3) is 8.75. The fourth-order valence-corrected chi connectivity index (χ4v) is 6.81. The molecule has 6 aromatic rings. The van der Waals surface area contributed by atoms with Crippen molar-refractivity contribution in [3.8, 4) is 23.0 Å². The van der Waals surface area contributed by atoms with Crippen molar-refractivity contribution in [1.29, 1.82) is 0 Å². The highest BCUT2D eigenvalue weighted by atomic mass is 35.5. The third-order valence-corrected chi connectivity index (χ3v) is 9.69. The van der Waals surface area contributed by atoms with Gasteiger partial charge in [0.2, 0.25) is 0 Å². The van der Waals surface area contributed by atoms with Crippen molar-refractivity contribution < 1.29 is 33.6 Å². The Labute approximate surface area is 334 Å². The number of amides is 2. The Balaban J connectivity index is 0.000000172. The van der Waals surface area contributed by atoms with E-state index in [1.165, 1.54) is 0 Å². The second-order valence-corrected chi connectivity index (χ2v) is 13.7. The van der Waals surface area contributed by atoms with Crippen LogP contribution in [-0.2, 0) is 9.47 Å². The van der Waals surface area contributed by atoms with Gasteiger partial charge in [0.25, 0.3) is 0 Å². The van der Waals surface area contributed by atoms with Gasteiger partial charge in [-0.25, -0.2) is 9.59 Å². The van der Waals surface area contributed by atoms with Crippen molar-refractivity contribution >= 4 is 46.8 Å². The van der Waals surface area contributed by atoms with Gasteiger partial charge < -0.3 is 29.8 Å². The minimum atomic E-state index is -0.625. The summed E-state index contributed by atoms with van der Waals surface area (Å²) in [7, 11) is 0. The maximum absolute atomic E-state index is 12.5. The molecule has 0 unspecified atom stereocenters. The number of hydrogen-bond donors (Lipinski definition) is 2. The van der Waals surface area contributed by atoms with Crippen LogP contribution in [0.2, 0.25) is 10.0 Å². The third-order valence-electron chi connectivity index (χ3n) is 9.18. The number of nitrogens with zero attached hydrogens (tertiary/aromatic N) is 2. The van der Waals surface area contributed by atoms with Crippen LogP contribution in [0.5, 0.6) is 23.0 Å². The molecule has 2 saturated heterocycles. The predicted octanol–water partition coefficient (Wildman–Crippen LogP) is 10.3. The van der Waals surface area contributed by atoms with Gasteiger partial charge in [0.15, 0.2) is 6.10 Å². The quantitative estimate of drug-likeness (QED) is 0.141. The molecule has 56 heavy (non-hydrogen) atoms. The number of nitrogens with two attached hydrogens (primary N) is 1. The smallest absolute Gasteiger partial charge is 0.415 e. The van der Waals surface area contributed by atoms with Gasteiger partial charge >= 0.3 is 12.2 Å². The highest BCUT2D eigenvalue weighted by Gasteiger charge is 2.44. The van der Waals surface area contributed by atoms with Gasteiger partial charge in [0, 0.05) is 28.0 Å². The number of rotatable bonds is 10. The van der Waals surface area contributed by atoms with Crippen molar-refractivity contribution in [2.45, 2.75) is 24.3 Å². The molecule has 0 bridgehead atoms. The van der Waals surface area contributed by atoms with Crippen LogP contribution in [0.15, 0.2) is 158 Å². The average Bonchev–Trinajstić information content (AvgIpc) is 3.76. The maximum Gasteiger partial charge on any atom is 0.415 e. The Morgan fingerprint density at radius 2 is 0.857 bits per heavy atom. The minimum Gasteiger partial charge on any atom is -0.457 e. The Morgan fingerprint density at radius 3 is 1.21 bits per heavy atom. The van der Waals surface area contributed by atoms with E-state index in [1.807, 2.05) is 84.9 Å². The maximum atomic E-state index is 12.5. The van der Waals surface area contributed by atoms with Crippen molar-refractivity contribution in [1.82, 2.24) is 0 Å². The lowest BCUT2D eigenvalue weighted by Gasteiger charge is -2.24. The summed E-state index contributed by atoms with van der Waals surface area (Å²) in [5, 5.41) is 11.0. The number of aliphatic hydroxyl groups excluding tert-OH is 1. The summed E-state index contributed by atoms with van der Waals surface area (Å²) in [5.41, 5.74) is 9.11. The summed E-state index contributed by atoms with van der Waals surface area (Å²) in [5.74, 6) is 2.64. The van der Waals surface area contributed by atoms with Gasteiger partial charge in [-0.05, 0) is 108 Å². The molecule has 10 nitrogen and oxygen atoms in total. The molecule has 0 saturated carbocycles. The first-order valence-corrected chi connectivity index (χ1v) is 18.5. The lowest BCUT2D eigenvalue weighted by Crippen LogP contribution is -2.32. The van der Waals surface area contributed by atoms with Crippen molar-refractivity contribution in [2.24, 2.45) is 5.73 Å².